The fourth-order valence-corrected chi connectivity index (χ4v) is 1.39. The minimum atomic E-state index is -0.511. The molecule has 1 unspecified atom stereocenters. The number of benzene rings is 1. The van der Waals surface area contributed by atoms with Crippen molar-refractivity contribution in [3.05, 3.63) is 35.4 Å². The molecule has 0 aliphatic carbocycles. The maximum atomic E-state index is 11.7. The van der Waals surface area contributed by atoms with Gasteiger partial charge >= 0.3 is 0 Å². The zero-order chi connectivity index (χ0) is 11.3. The molecule has 0 saturated carbocycles. The Morgan fingerprint density at radius 1 is 1.47 bits per heavy atom. The number of aliphatic hydroxyl groups excluding tert-OH is 1. The van der Waals surface area contributed by atoms with Crippen LogP contribution in [0.1, 0.15) is 29.8 Å². The van der Waals surface area contributed by atoms with Crippen molar-refractivity contribution in [2.24, 2.45) is 0 Å². The summed E-state index contributed by atoms with van der Waals surface area (Å²) in [7, 11) is 0. The Kier molecular flexibility index (Phi) is 4.31. The lowest BCUT2D eigenvalue weighted by Gasteiger charge is -2.09. The SMILES string of the molecule is CCc1ccccc1C(=O)NCC(C)O. The summed E-state index contributed by atoms with van der Waals surface area (Å²) < 4.78 is 0. The van der Waals surface area contributed by atoms with E-state index >= 15 is 0 Å². The molecule has 1 amide bonds. The van der Waals surface area contributed by atoms with E-state index in [-0.39, 0.29) is 12.5 Å². The van der Waals surface area contributed by atoms with Gasteiger partial charge in [0.2, 0.25) is 0 Å². The van der Waals surface area contributed by atoms with Gasteiger partial charge in [-0.1, -0.05) is 25.1 Å². The molecule has 0 bridgehead atoms. The number of hydrogen-bond acceptors (Lipinski definition) is 2. The van der Waals surface area contributed by atoms with Crippen molar-refractivity contribution in [3.8, 4) is 0 Å². The van der Waals surface area contributed by atoms with Gasteiger partial charge in [-0.15, -0.1) is 0 Å². The zero-order valence-corrected chi connectivity index (χ0v) is 9.16. The maximum Gasteiger partial charge on any atom is 0.251 e. The lowest BCUT2D eigenvalue weighted by molar-refractivity contribution is 0.0923. The molecule has 1 atom stereocenters. The van der Waals surface area contributed by atoms with Crippen LogP contribution >= 0.6 is 0 Å². The molecule has 0 heterocycles. The van der Waals surface area contributed by atoms with Crippen LogP contribution in [-0.4, -0.2) is 23.7 Å². The number of carbonyl (C=O) groups is 1. The summed E-state index contributed by atoms with van der Waals surface area (Å²) in [6.45, 7) is 3.95. The van der Waals surface area contributed by atoms with Crippen LogP contribution in [0.15, 0.2) is 24.3 Å². The minimum Gasteiger partial charge on any atom is -0.392 e. The third-order valence-corrected chi connectivity index (χ3v) is 2.20. The predicted octanol–water partition coefficient (Wildman–Crippen LogP) is 1.36. The lowest BCUT2D eigenvalue weighted by Crippen LogP contribution is -2.31. The van der Waals surface area contributed by atoms with Crippen molar-refractivity contribution in [2.45, 2.75) is 26.4 Å². The van der Waals surface area contributed by atoms with Gasteiger partial charge in [0.05, 0.1) is 6.10 Å². The van der Waals surface area contributed by atoms with Crippen LogP contribution in [0.3, 0.4) is 0 Å². The van der Waals surface area contributed by atoms with Crippen LogP contribution in [0.25, 0.3) is 0 Å². The van der Waals surface area contributed by atoms with Crippen molar-refractivity contribution >= 4 is 5.91 Å². The van der Waals surface area contributed by atoms with Crippen LogP contribution in [0.4, 0.5) is 0 Å². The van der Waals surface area contributed by atoms with Crippen LogP contribution in [0, 0.1) is 0 Å². The molecule has 82 valence electrons. The smallest absolute Gasteiger partial charge is 0.251 e. The number of carbonyl (C=O) groups excluding carboxylic acids is 1. The van der Waals surface area contributed by atoms with Gasteiger partial charge in [0, 0.05) is 12.1 Å². The lowest BCUT2D eigenvalue weighted by atomic mass is 10.0. The highest BCUT2D eigenvalue weighted by Gasteiger charge is 2.09. The van der Waals surface area contributed by atoms with E-state index in [0.29, 0.717) is 5.56 Å². The Hall–Kier alpha value is -1.35. The second kappa shape index (κ2) is 5.51. The van der Waals surface area contributed by atoms with E-state index in [1.165, 1.54) is 0 Å². The molecule has 0 radical (unpaired) electrons. The van der Waals surface area contributed by atoms with E-state index in [4.69, 9.17) is 5.11 Å². The summed E-state index contributed by atoms with van der Waals surface area (Å²) in [6, 6.07) is 7.51. The van der Waals surface area contributed by atoms with Gasteiger partial charge in [0.25, 0.3) is 5.91 Å². The van der Waals surface area contributed by atoms with Gasteiger partial charge in [-0.25, -0.2) is 0 Å². The van der Waals surface area contributed by atoms with Gasteiger partial charge < -0.3 is 10.4 Å². The standard InChI is InChI=1S/C12H17NO2/c1-3-10-6-4-5-7-11(10)12(15)13-8-9(2)14/h4-7,9,14H,3,8H2,1-2H3,(H,13,15). The summed E-state index contributed by atoms with van der Waals surface area (Å²) in [5.74, 6) is -0.117. The number of rotatable bonds is 4. The van der Waals surface area contributed by atoms with E-state index < -0.39 is 6.10 Å². The van der Waals surface area contributed by atoms with Gasteiger partial charge in [-0.05, 0) is 25.0 Å². The highest BCUT2D eigenvalue weighted by atomic mass is 16.3. The average Bonchev–Trinajstić information content (AvgIpc) is 2.25. The third-order valence-electron chi connectivity index (χ3n) is 2.20. The Morgan fingerprint density at radius 3 is 2.73 bits per heavy atom. The van der Waals surface area contributed by atoms with Crippen molar-refractivity contribution in [3.63, 3.8) is 0 Å². The largest absolute Gasteiger partial charge is 0.392 e. The zero-order valence-electron chi connectivity index (χ0n) is 9.16. The molecule has 1 rings (SSSR count). The summed E-state index contributed by atoms with van der Waals surface area (Å²) >= 11 is 0. The van der Waals surface area contributed by atoms with Crippen molar-refractivity contribution in [1.29, 1.82) is 0 Å². The van der Waals surface area contributed by atoms with Gasteiger partial charge in [-0.2, -0.15) is 0 Å². The van der Waals surface area contributed by atoms with Gasteiger partial charge in [0.15, 0.2) is 0 Å². The molecular weight excluding hydrogens is 190 g/mol. The molecule has 3 nitrogen and oxygen atoms in total. The van der Waals surface area contributed by atoms with Crippen LogP contribution < -0.4 is 5.32 Å². The number of hydrogen-bond donors (Lipinski definition) is 2. The second-order valence-electron chi connectivity index (χ2n) is 3.57. The topological polar surface area (TPSA) is 49.3 Å². The maximum absolute atomic E-state index is 11.7. The van der Waals surface area contributed by atoms with Crippen LogP contribution in [0.2, 0.25) is 0 Å². The first-order chi connectivity index (χ1) is 7.15. The fourth-order valence-electron chi connectivity index (χ4n) is 1.39. The molecule has 15 heavy (non-hydrogen) atoms. The Morgan fingerprint density at radius 2 is 2.13 bits per heavy atom. The predicted molar refractivity (Wildman–Crippen MR) is 59.8 cm³/mol. The quantitative estimate of drug-likeness (QED) is 0.783. The number of aliphatic hydroxyl groups is 1. The summed E-state index contributed by atoms with van der Waals surface area (Å²) in [4.78, 5) is 11.7. The van der Waals surface area contributed by atoms with E-state index in [1.54, 1.807) is 13.0 Å². The van der Waals surface area contributed by atoms with Crippen LogP contribution in [0.5, 0.6) is 0 Å². The Bertz CT molecular complexity index is 334. The molecule has 3 heteroatoms. The summed E-state index contributed by atoms with van der Waals surface area (Å²) in [6.07, 6.45) is 0.320. The fraction of sp³-hybridized carbons (Fsp3) is 0.417. The number of nitrogens with one attached hydrogen (secondary N) is 1. The monoisotopic (exact) mass is 207 g/mol. The first kappa shape index (κ1) is 11.7. The third kappa shape index (κ3) is 3.36. The first-order valence-corrected chi connectivity index (χ1v) is 5.19. The summed E-state index contributed by atoms with van der Waals surface area (Å²) in [5.41, 5.74) is 1.72. The first-order valence-electron chi connectivity index (χ1n) is 5.19. The molecule has 1 aromatic carbocycles. The number of aryl methyl sites for hydroxylation is 1. The van der Waals surface area contributed by atoms with E-state index in [2.05, 4.69) is 5.32 Å². The number of amides is 1. The molecule has 0 aromatic heterocycles. The molecule has 1 aromatic rings. The van der Waals surface area contributed by atoms with E-state index in [1.807, 2.05) is 25.1 Å². The van der Waals surface area contributed by atoms with Gasteiger partial charge in [-0.3, -0.25) is 4.79 Å². The normalized spacial score (nSPS) is 12.2. The molecule has 0 aliphatic heterocycles. The molecule has 2 N–H and O–H groups in total. The average molecular weight is 207 g/mol. The highest BCUT2D eigenvalue weighted by Crippen LogP contribution is 2.08. The summed E-state index contributed by atoms with van der Waals surface area (Å²) in [5, 5.41) is 11.7. The van der Waals surface area contributed by atoms with Crippen molar-refractivity contribution in [1.82, 2.24) is 5.32 Å². The molecule has 0 saturated heterocycles. The Labute approximate surface area is 90.1 Å². The van der Waals surface area contributed by atoms with E-state index in [9.17, 15) is 4.79 Å². The Balaban J connectivity index is 2.72. The molecule has 0 spiro atoms. The van der Waals surface area contributed by atoms with Crippen molar-refractivity contribution < 1.29 is 9.90 Å². The van der Waals surface area contributed by atoms with Gasteiger partial charge in [0.1, 0.15) is 0 Å². The van der Waals surface area contributed by atoms with Crippen molar-refractivity contribution in [2.75, 3.05) is 6.54 Å². The molecular formula is C12H17NO2. The minimum absolute atomic E-state index is 0.117. The molecule has 0 aliphatic rings. The second-order valence-corrected chi connectivity index (χ2v) is 3.57. The van der Waals surface area contributed by atoms with E-state index in [0.717, 1.165) is 12.0 Å². The molecule has 0 fully saturated rings. The highest BCUT2D eigenvalue weighted by molar-refractivity contribution is 5.95. The van der Waals surface area contributed by atoms with Crippen LogP contribution in [-0.2, 0) is 6.42 Å².